The second-order valence-electron chi connectivity index (χ2n) is 4.00. The molecule has 1 unspecified atom stereocenters. The third-order valence-electron chi connectivity index (χ3n) is 2.92. The van der Waals surface area contributed by atoms with Crippen molar-refractivity contribution in [1.29, 1.82) is 10.5 Å². The number of methoxy groups -OCH3 is 1. The summed E-state index contributed by atoms with van der Waals surface area (Å²) in [5, 5.41) is 18.0. The van der Waals surface area contributed by atoms with Crippen molar-refractivity contribution in [3.8, 4) is 17.9 Å². The molecule has 1 aliphatic rings. The predicted octanol–water partition coefficient (Wildman–Crippen LogP) is 1.44. The first-order valence-electron chi connectivity index (χ1n) is 5.48. The molecule has 1 atom stereocenters. The Morgan fingerprint density at radius 1 is 1.44 bits per heavy atom. The summed E-state index contributed by atoms with van der Waals surface area (Å²) in [6.45, 7) is 0.310. The van der Waals surface area contributed by atoms with Gasteiger partial charge in [0, 0.05) is 13.0 Å². The van der Waals surface area contributed by atoms with Crippen LogP contribution in [-0.4, -0.2) is 19.6 Å². The van der Waals surface area contributed by atoms with Crippen molar-refractivity contribution in [3.63, 3.8) is 0 Å². The van der Waals surface area contributed by atoms with E-state index in [9.17, 15) is 4.79 Å². The summed E-state index contributed by atoms with van der Waals surface area (Å²) in [6, 6.07) is 9.15. The minimum absolute atomic E-state index is 0.150. The van der Waals surface area contributed by atoms with Gasteiger partial charge in [-0.1, -0.05) is 6.07 Å². The van der Waals surface area contributed by atoms with Gasteiger partial charge in [-0.15, -0.1) is 0 Å². The van der Waals surface area contributed by atoms with Gasteiger partial charge in [0.15, 0.2) is 0 Å². The Morgan fingerprint density at radius 3 is 2.78 bits per heavy atom. The zero-order valence-electron chi connectivity index (χ0n) is 9.88. The molecule has 1 aromatic carbocycles. The molecule has 0 radical (unpaired) electrons. The molecule has 1 amide bonds. The highest BCUT2D eigenvalue weighted by atomic mass is 16.5. The van der Waals surface area contributed by atoms with Crippen molar-refractivity contribution >= 4 is 11.6 Å². The van der Waals surface area contributed by atoms with Crippen molar-refractivity contribution in [2.75, 3.05) is 18.6 Å². The fourth-order valence-corrected chi connectivity index (χ4v) is 2.07. The summed E-state index contributed by atoms with van der Waals surface area (Å²) in [6.07, 6.45) is 0.194. The third-order valence-corrected chi connectivity index (χ3v) is 2.92. The van der Waals surface area contributed by atoms with Crippen LogP contribution in [0.2, 0.25) is 0 Å². The lowest BCUT2D eigenvalue weighted by atomic mass is 10.1. The van der Waals surface area contributed by atoms with Crippen LogP contribution in [-0.2, 0) is 4.79 Å². The molecule has 1 fully saturated rings. The molecule has 1 aromatic rings. The number of amides is 1. The van der Waals surface area contributed by atoms with Gasteiger partial charge in [0.05, 0.1) is 24.7 Å². The summed E-state index contributed by atoms with van der Waals surface area (Å²) in [7, 11) is 1.49. The van der Waals surface area contributed by atoms with Gasteiger partial charge in [0.1, 0.15) is 17.5 Å². The number of anilines is 1. The number of nitriles is 2. The first-order valence-corrected chi connectivity index (χ1v) is 5.48. The van der Waals surface area contributed by atoms with E-state index in [1.807, 2.05) is 6.07 Å². The van der Waals surface area contributed by atoms with Gasteiger partial charge >= 0.3 is 0 Å². The minimum atomic E-state index is -0.325. The number of para-hydroxylation sites is 1. The fraction of sp³-hybridized carbons (Fsp3) is 0.308. The average Bonchev–Trinajstić information content (AvgIpc) is 2.78. The maximum absolute atomic E-state index is 11.9. The molecule has 18 heavy (non-hydrogen) atoms. The Hall–Kier alpha value is -2.53. The third kappa shape index (κ3) is 1.87. The normalized spacial score (nSPS) is 18.3. The van der Waals surface area contributed by atoms with Crippen molar-refractivity contribution in [3.05, 3.63) is 23.8 Å². The molecule has 90 valence electrons. The number of carbonyl (C=O) groups is 1. The quantitative estimate of drug-likeness (QED) is 0.785. The van der Waals surface area contributed by atoms with Gasteiger partial charge in [0.2, 0.25) is 5.91 Å². The molecule has 0 N–H and O–H groups in total. The van der Waals surface area contributed by atoms with Crippen LogP contribution < -0.4 is 9.64 Å². The molecule has 0 aliphatic carbocycles. The van der Waals surface area contributed by atoms with E-state index >= 15 is 0 Å². The lowest BCUT2D eigenvalue weighted by Crippen LogP contribution is -2.25. The highest BCUT2D eigenvalue weighted by molar-refractivity contribution is 5.98. The molecule has 1 aliphatic heterocycles. The van der Waals surface area contributed by atoms with E-state index in [2.05, 4.69) is 6.07 Å². The maximum atomic E-state index is 11.9. The first kappa shape index (κ1) is 11.9. The second-order valence-corrected chi connectivity index (χ2v) is 4.00. The van der Waals surface area contributed by atoms with E-state index in [-0.39, 0.29) is 18.2 Å². The largest absolute Gasteiger partial charge is 0.495 e. The summed E-state index contributed by atoms with van der Waals surface area (Å²) in [5.74, 6) is -0.00232. The van der Waals surface area contributed by atoms with E-state index in [0.29, 0.717) is 23.5 Å². The molecule has 0 saturated carbocycles. The van der Waals surface area contributed by atoms with Crippen LogP contribution in [0.1, 0.15) is 12.0 Å². The van der Waals surface area contributed by atoms with Crippen molar-refractivity contribution in [1.82, 2.24) is 0 Å². The Morgan fingerprint density at radius 2 is 2.22 bits per heavy atom. The summed E-state index contributed by atoms with van der Waals surface area (Å²) < 4.78 is 5.19. The number of hydrogen-bond acceptors (Lipinski definition) is 4. The Labute approximate surface area is 105 Å². The van der Waals surface area contributed by atoms with Crippen molar-refractivity contribution < 1.29 is 9.53 Å². The number of carbonyl (C=O) groups excluding carboxylic acids is 1. The lowest BCUT2D eigenvalue weighted by Gasteiger charge is -2.20. The topological polar surface area (TPSA) is 77.1 Å². The second kappa shape index (κ2) is 4.77. The molecule has 0 spiro atoms. The first-order chi connectivity index (χ1) is 8.71. The summed E-state index contributed by atoms with van der Waals surface area (Å²) in [5.41, 5.74) is 0.839. The lowest BCUT2D eigenvalue weighted by molar-refractivity contribution is -0.117. The van der Waals surface area contributed by atoms with Crippen molar-refractivity contribution in [2.45, 2.75) is 6.42 Å². The number of benzene rings is 1. The molecular formula is C13H11N3O2. The van der Waals surface area contributed by atoms with E-state index in [1.165, 1.54) is 12.0 Å². The van der Waals surface area contributed by atoms with Crippen LogP contribution in [0.25, 0.3) is 0 Å². The fourth-order valence-electron chi connectivity index (χ4n) is 2.07. The van der Waals surface area contributed by atoms with E-state index in [1.54, 1.807) is 18.2 Å². The standard InChI is InChI=1S/C13H11N3O2/c1-18-11-4-2-3-10(7-15)13(11)16-8-9(6-14)5-12(16)17/h2-4,9H,5,8H2,1H3. The molecule has 0 aromatic heterocycles. The molecule has 2 rings (SSSR count). The van der Waals surface area contributed by atoms with Gasteiger partial charge in [-0.2, -0.15) is 10.5 Å². The monoisotopic (exact) mass is 241 g/mol. The van der Waals surface area contributed by atoms with Gasteiger partial charge in [0.25, 0.3) is 0 Å². The van der Waals surface area contributed by atoms with E-state index < -0.39 is 0 Å². The summed E-state index contributed by atoms with van der Waals surface area (Å²) >= 11 is 0. The maximum Gasteiger partial charge on any atom is 0.228 e. The predicted molar refractivity (Wildman–Crippen MR) is 63.8 cm³/mol. The zero-order valence-corrected chi connectivity index (χ0v) is 9.88. The highest BCUT2D eigenvalue weighted by Crippen LogP contribution is 2.35. The Balaban J connectivity index is 2.49. The number of rotatable bonds is 2. The molecule has 5 heteroatoms. The average molecular weight is 241 g/mol. The minimum Gasteiger partial charge on any atom is -0.495 e. The molecular weight excluding hydrogens is 230 g/mol. The van der Waals surface area contributed by atoms with Gasteiger partial charge in [-0.05, 0) is 12.1 Å². The SMILES string of the molecule is COc1cccc(C#N)c1N1CC(C#N)CC1=O. The van der Waals surface area contributed by atoms with Crippen molar-refractivity contribution in [2.24, 2.45) is 5.92 Å². The molecule has 1 saturated heterocycles. The molecule has 5 nitrogen and oxygen atoms in total. The van der Waals surface area contributed by atoms with E-state index in [4.69, 9.17) is 15.3 Å². The number of ether oxygens (including phenoxy) is 1. The van der Waals surface area contributed by atoms with Gasteiger partial charge < -0.3 is 9.64 Å². The number of hydrogen-bond donors (Lipinski definition) is 0. The van der Waals surface area contributed by atoms with Crippen LogP contribution in [0.4, 0.5) is 5.69 Å². The van der Waals surface area contributed by atoms with Crippen LogP contribution in [0.15, 0.2) is 18.2 Å². The summed E-state index contributed by atoms with van der Waals surface area (Å²) in [4.78, 5) is 13.4. The number of nitrogens with zero attached hydrogens (tertiary/aromatic N) is 3. The Kier molecular flexibility index (Phi) is 3.16. The smallest absolute Gasteiger partial charge is 0.228 e. The Bertz CT molecular complexity index is 569. The van der Waals surface area contributed by atoms with Crippen LogP contribution >= 0.6 is 0 Å². The molecule has 0 bridgehead atoms. The van der Waals surface area contributed by atoms with Crippen LogP contribution in [0.3, 0.4) is 0 Å². The van der Waals surface area contributed by atoms with E-state index in [0.717, 1.165) is 0 Å². The zero-order chi connectivity index (χ0) is 13.1. The highest BCUT2D eigenvalue weighted by Gasteiger charge is 2.33. The molecule has 1 heterocycles. The van der Waals surface area contributed by atoms with Gasteiger partial charge in [-0.3, -0.25) is 4.79 Å². The van der Waals surface area contributed by atoms with Gasteiger partial charge in [-0.25, -0.2) is 0 Å². The van der Waals surface area contributed by atoms with Crippen LogP contribution in [0, 0.1) is 28.6 Å². The van der Waals surface area contributed by atoms with Crippen LogP contribution in [0.5, 0.6) is 5.75 Å².